The lowest BCUT2D eigenvalue weighted by atomic mass is 9.91. The zero-order valence-corrected chi connectivity index (χ0v) is 28.5. The van der Waals surface area contributed by atoms with Crippen LogP contribution in [0.15, 0.2) is 78.9 Å². The fourth-order valence-electron chi connectivity index (χ4n) is 6.30. The van der Waals surface area contributed by atoms with Crippen molar-refractivity contribution in [3.8, 4) is 11.3 Å². The summed E-state index contributed by atoms with van der Waals surface area (Å²) in [7, 11) is 3.99. The van der Waals surface area contributed by atoms with Crippen LogP contribution >= 0.6 is 23.4 Å². The molecule has 47 heavy (non-hydrogen) atoms. The van der Waals surface area contributed by atoms with Crippen LogP contribution in [0.1, 0.15) is 47.3 Å². The summed E-state index contributed by atoms with van der Waals surface area (Å²) in [6.07, 6.45) is 3.57. The monoisotopic (exact) mass is 670 g/mol. The highest BCUT2D eigenvalue weighted by atomic mass is 35.5. The minimum absolute atomic E-state index is 0.0471. The molecule has 2 heterocycles. The molecule has 2 N–H and O–H groups in total. The number of amides is 1. The SMILES string of the molecule is Cc1c(C(=O)NC2CCC(Nc3nc(N(C)C)c4ccccc4n3)CC2)cc(-c2ccccc2)n1CCSCc1c(F)cccc1Cl. The lowest BCUT2D eigenvalue weighted by molar-refractivity contribution is 0.0926. The Morgan fingerprint density at radius 1 is 0.979 bits per heavy atom. The van der Waals surface area contributed by atoms with Crippen LogP contribution < -0.4 is 15.5 Å². The predicted molar refractivity (Wildman–Crippen MR) is 193 cm³/mol. The lowest BCUT2D eigenvalue weighted by Gasteiger charge is -2.30. The number of hydrogen-bond donors (Lipinski definition) is 2. The second kappa shape index (κ2) is 14.8. The van der Waals surface area contributed by atoms with E-state index in [0.29, 0.717) is 34.4 Å². The topological polar surface area (TPSA) is 75.1 Å². The fourth-order valence-corrected chi connectivity index (χ4v) is 7.57. The molecule has 0 bridgehead atoms. The number of thioether (sulfide) groups is 1. The van der Waals surface area contributed by atoms with Gasteiger partial charge in [-0.1, -0.05) is 60.1 Å². The van der Waals surface area contributed by atoms with Crippen LogP contribution in [-0.2, 0) is 12.3 Å². The molecule has 0 aliphatic heterocycles. The standard InChI is InChI=1S/C37H40ClFN6OS/c1-24-29(22-34(25-10-5-4-6-11-25)45(24)20-21-47-23-30-31(38)13-9-14-32(30)39)36(46)40-26-16-18-27(19-17-26)41-37-42-33-15-8-7-12-28(33)35(43-37)44(2)3/h4-15,22,26-27H,16-21,23H2,1-3H3,(H,40,46)(H,41,42,43). The summed E-state index contributed by atoms with van der Waals surface area (Å²) in [5.74, 6) is 2.44. The molecule has 0 radical (unpaired) electrons. The van der Waals surface area contributed by atoms with Gasteiger partial charge in [0.15, 0.2) is 0 Å². The number of nitrogens with zero attached hydrogens (tertiary/aromatic N) is 4. The summed E-state index contributed by atoms with van der Waals surface area (Å²) in [4.78, 5) is 25.3. The number of nitrogens with one attached hydrogen (secondary N) is 2. The Bertz CT molecular complexity index is 1840. The second-order valence-electron chi connectivity index (χ2n) is 12.2. The van der Waals surface area contributed by atoms with E-state index < -0.39 is 0 Å². The van der Waals surface area contributed by atoms with Gasteiger partial charge in [0.05, 0.1) is 11.1 Å². The summed E-state index contributed by atoms with van der Waals surface area (Å²) in [5.41, 5.74) is 5.10. The molecule has 6 rings (SSSR count). The molecule has 1 fully saturated rings. The summed E-state index contributed by atoms with van der Waals surface area (Å²) in [5, 5.41) is 8.36. The van der Waals surface area contributed by atoms with Crippen molar-refractivity contribution >= 4 is 51.9 Å². The first-order valence-corrected chi connectivity index (χ1v) is 17.6. The van der Waals surface area contributed by atoms with Crippen LogP contribution in [-0.4, -0.2) is 52.4 Å². The average molecular weight is 671 g/mol. The van der Waals surface area contributed by atoms with E-state index in [1.807, 2.05) is 74.4 Å². The molecule has 0 spiro atoms. The normalized spacial score (nSPS) is 16.3. The molecule has 0 atom stereocenters. The maximum atomic E-state index is 14.3. The molecule has 1 saturated carbocycles. The van der Waals surface area contributed by atoms with Crippen molar-refractivity contribution in [1.29, 1.82) is 0 Å². The maximum absolute atomic E-state index is 14.3. The highest BCUT2D eigenvalue weighted by molar-refractivity contribution is 7.98. The van der Waals surface area contributed by atoms with E-state index in [-0.39, 0.29) is 23.8 Å². The third-order valence-corrected chi connectivity index (χ3v) is 10.2. The number of anilines is 2. The zero-order valence-electron chi connectivity index (χ0n) is 27.0. The van der Waals surface area contributed by atoms with Crippen molar-refractivity contribution in [3.63, 3.8) is 0 Å². The van der Waals surface area contributed by atoms with Crippen molar-refractivity contribution in [2.24, 2.45) is 0 Å². The summed E-state index contributed by atoms with van der Waals surface area (Å²) >= 11 is 7.87. The summed E-state index contributed by atoms with van der Waals surface area (Å²) in [6, 6.07) is 25.3. The van der Waals surface area contributed by atoms with E-state index in [0.717, 1.165) is 65.1 Å². The number of halogens is 2. The average Bonchev–Trinajstić information content (AvgIpc) is 3.40. The Kier molecular flexibility index (Phi) is 10.3. The Labute approximate surface area is 284 Å². The molecule has 1 aliphatic rings. The van der Waals surface area contributed by atoms with Crippen LogP contribution in [0.25, 0.3) is 22.2 Å². The van der Waals surface area contributed by atoms with Crippen LogP contribution in [0, 0.1) is 12.7 Å². The molecule has 5 aromatic rings. The van der Waals surface area contributed by atoms with E-state index in [2.05, 4.69) is 27.3 Å². The molecular weight excluding hydrogens is 631 g/mol. The van der Waals surface area contributed by atoms with Gasteiger partial charge >= 0.3 is 0 Å². The van der Waals surface area contributed by atoms with Crippen LogP contribution in [0.2, 0.25) is 5.02 Å². The molecule has 2 aromatic heterocycles. The molecule has 0 saturated heterocycles. The van der Waals surface area contributed by atoms with Crippen molar-refractivity contribution < 1.29 is 9.18 Å². The van der Waals surface area contributed by atoms with Crippen molar-refractivity contribution in [1.82, 2.24) is 19.9 Å². The fraction of sp³-hybridized carbons (Fsp3) is 0.324. The van der Waals surface area contributed by atoms with Gasteiger partial charge in [-0.3, -0.25) is 4.79 Å². The molecule has 10 heteroatoms. The van der Waals surface area contributed by atoms with E-state index in [1.165, 1.54) is 6.07 Å². The van der Waals surface area contributed by atoms with Gasteiger partial charge in [-0.2, -0.15) is 16.7 Å². The van der Waals surface area contributed by atoms with E-state index in [1.54, 1.807) is 23.9 Å². The summed E-state index contributed by atoms with van der Waals surface area (Å²) in [6.45, 7) is 2.69. The number of carbonyl (C=O) groups is 1. The third kappa shape index (κ3) is 7.57. The summed E-state index contributed by atoms with van der Waals surface area (Å²) < 4.78 is 16.5. The first-order valence-electron chi connectivity index (χ1n) is 16.1. The van der Waals surface area contributed by atoms with Gasteiger partial charge in [0, 0.05) is 71.6 Å². The van der Waals surface area contributed by atoms with Crippen LogP contribution in [0.5, 0.6) is 0 Å². The highest BCUT2D eigenvalue weighted by Crippen LogP contribution is 2.30. The van der Waals surface area contributed by atoms with E-state index >= 15 is 0 Å². The van der Waals surface area contributed by atoms with Crippen LogP contribution in [0.3, 0.4) is 0 Å². The number of aromatic nitrogens is 3. The van der Waals surface area contributed by atoms with Gasteiger partial charge in [0.1, 0.15) is 11.6 Å². The molecular formula is C37H40ClFN6OS. The Balaban J connectivity index is 1.09. The first kappa shape index (κ1) is 32.8. The maximum Gasteiger partial charge on any atom is 0.253 e. The largest absolute Gasteiger partial charge is 0.362 e. The van der Waals surface area contributed by atoms with Gasteiger partial charge in [0.2, 0.25) is 5.95 Å². The minimum atomic E-state index is -0.281. The van der Waals surface area contributed by atoms with E-state index in [9.17, 15) is 9.18 Å². The Morgan fingerprint density at radius 2 is 1.70 bits per heavy atom. The molecule has 244 valence electrons. The van der Waals surface area contributed by atoms with Crippen LogP contribution in [0.4, 0.5) is 16.2 Å². The van der Waals surface area contributed by atoms with E-state index in [4.69, 9.17) is 21.6 Å². The Morgan fingerprint density at radius 3 is 2.45 bits per heavy atom. The number of benzene rings is 3. The van der Waals surface area contributed by atoms with Crippen molar-refractivity contribution in [3.05, 3.63) is 107 Å². The first-order chi connectivity index (χ1) is 22.8. The number of hydrogen-bond acceptors (Lipinski definition) is 6. The number of fused-ring (bicyclic) bond motifs is 1. The van der Waals surface area contributed by atoms with Gasteiger partial charge in [-0.25, -0.2) is 9.37 Å². The smallest absolute Gasteiger partial charge is 0.253 e. The molecule has 7 nitrogen and oxygen atoms in total. The number of para-hydroxylation sites is 1. The quantitative estimate of drug-likeness (QED) is 0.138. The predicted octanol–water partition coefficient (Wildman–Crippen LogP) is 8.35. The zero-order chi connectivity index (χ0) is 32.9. The van der Waals surface area contributed by atoms with Gasteiger partial charge in [0.25, 0.3) is 5.91 Å². The van der Waals surface area contributed by atoms with Crippen molar-refractivity contribution in [2.45, 2.75) is 57.0 Å². The van der Waals surface area contributed by atoms with Crippen molar-refractivity contribution in [2.75, 3.05) is 30.1 Å². The molecule has 1 aliphatic carbocycles. The Hall–Kier alpha value is -4.08. The highest BCUT2D eigenvalue weighted by Gasteiger charge is 2.26. The second-order valence-corrected chi connectivity index (χ2v) is 13.8. The molecule has 1 amide bonds. The third-order valence-electron chi connectivity index (χ3n) is 8.85. The molecule has 3 aromatic carbocycles. The van der Waals surface area contributed by atoms with Gasteiger partial charge < -0.3 is 20.1 Å². The van der Waals surface area contributed by atoms with Gasteiger partial charge in [-0.15, -0.1) is 0 Å². The number of carbonyl (C=O) groups excluding carboxylic acids is 1. The lowest BCUT2D eigenvalue weighted by Crippen LogP contribution is -2.40. The number of rotatable bonds is 11. The van der Waals surface area contributed by atoms with Gasteiger partial charge in [-0.05, 0) is 68.5 Å². The molecule has 0 unspecified atom stereocenters. The minimum Gasteiger partial charge on any atom is -0.362 e.